The predicted octanol–water partition coefficient (Wildman–Crippen LogP) is 2.17. The molecule has 0 atom stereocenters. The van der Waals surface area contributed by atoms with Gasteiger partial charge in [-0.25, -0.2) is 0 Å². The molecule has 1 aromatic heterocycles. The van der Waals surface area contributed by atoms with Crippen LogP contribution in [0.2, 0.25) is 0 Å². The van der Waals surface area contributed by atoms with Gasteiger partial charge in [-0.2, -0.15) is 5.10 Å². The Morgan fingerprint density at radius 3 is 2.88 bits per heavy atom. The smallest absolute Gasteiger partial charge is 0.151 e. The Morgan fingerprint density at radius 1 is 1.47 bits per heavy atom. The van der Waals surface area contributed by atoms with Gasteiger partial charge in [-0.3, -0.25) is 0 Å². The van der Waals surface area contributed by atoms with Crippen LogP contribution in [0.1, 0.15) is 18.4 Å². The average Bonchev–Trinajstić information content (AvgIpc) is 2.37. The number of aryl methyl sites for hydroxylation is 1. The molecule has 0 unspecified atom stereocenters. The van der Waals surface area contributed by atoms with E-state index in [1.807, 2.05) is 6.92 Å². The standard InChI is InChI=1S/C12H18BrN3O/c1-10-8-12(15-14-9-10)16-5-2-11(3-6-16)17-7-4-13/h8-9,11H,2-7H2,1H3. The van der Waals surface area contributed by atoms with Crippen LogP contribution < -0.4 is 4.90 Å². The number of halogens is 1. The zero-order valence-corrected chi connectivity index (χ0v) is 11.7. The van der Waals surface area contributed by atoms with Crippen LogP contribution in [0, 0.1) is 6.92 Å². The predicted molar refractivity (Wildman–Crippen MR) is 71.8 cm³/mol. The van der Waals surface area contributed by atoms with Gasteiger partial charge in [0, 0.05) is 18.4 Å². The third kappa shape index (κ3) is 3.64. The van der Waals surface area contributed by atoms with Gasteiger partial charge in [0.1, 0.15) is 0 Å². The van der Waals surface area contributed by atoms with E-state index in [9.17, 15) is 0 Å². The minimum atomic E-state index is 0.404. The number of hydrogen-bond acceptors (Lipinski definition) is 4. The van der Waals surface area contributed by atoms with Crippen LogP contribution in [0.5, 0.6) is 0 Å². The van der Waals surface area contributed by atoms with Crippen molar-refractivity contribution in [2.45, 2.75) is 25.9 Å². The molecule has 0 aromatic carbocycles. The Bertz CT molecular complexity index is 353. The summed E-state index contributed by atoms with van der Waals surface area (Å²) in [7, 11) is 0. The maximum atomic E-state index is 5.73. The molecule has 1 fully saturated rings. The first kappa shape index (κ1) is 12.8. The van der Waals surface area contributed by atoms with Gasteiger partial charge in [0.2, 0.25) is 0 Å². The van der Waals surface area contributed by atoms with E-state index < -0.39 is 0 Å². The molecule has 0 spiro atoms. The van der Waals surface area contributed by atoms with Crippen molar-refractivity contribution in [3.05, 3.63) is 17.8 Å². The van der Waals surface area contributed by atoms with Crippen molar-refractivity contribution in [1.82, 2.24) is 10.2 Å². The van der Waals surface area contributed by atoms with Crippen molar-refractivity contribution in [2.75, 3.05) is 29.9 Å². The first-order valence-corrected chi connectivity index (χ1v) is 7.13. The number of anilines is 1. The number of aromatic nitrogens is 2. The highest BCUT2D eigenvalue weighted by atomic mass is 79.9. The molecule has 1 aliphatic rings. The van der Waals surface area contributed by atoms with Crippen molar-refractivity contribution < 1.29 is 4.74 Å². The van der Waals surface area contributed by atoms with E-state index in [0.717, 1.165) is 49.2 Å². The fourth-order valence-electron chi connectivity index (χ4n) is 2.07. The van der Waals surface area contributed by atoms with Gasteiger partial charge >= 0.3 is 0 Å². The summed E-state index contributed by atoms with van der Waals surface area (Å²) in [6, 6.07) is 2.09. The van der Waals surface area contributed by atoms with E-state index in [4.69, 9.17) is 4.74 Å². The van der Waals surface area contributed by atoms with Gasteiger partial charge in [0.05, 0.1) is 18.9 Å². The number of alkyl halides is 1. The summed E-state index contributed by atoms with van der Waals surface area (Å²) >= 11 is 3.38. The topological polar surface area (TPSA) is 38.2 Å². The fraction of sp³-hybridized carbons (Fsp3) is 0.667. The Hall–Kier alpha value is -0.680. The summed E-state index contributed by atoms with van der Waals surface area (Å²) in [5.74, 6) is 0.990. The molecule has 2 heterocycles. The van der Waals surface area contributed by atoms with Gasteiger partial charge in [-0.1, -0.05) is 15.9 Å². The van der Waals surface area contributed by atoms with Crippen LogP contribution in [0.3, 0.4) is 0 Å². The quantitative estimate of drug-likeness (QED) is 0.799. The molecule has 1 aliphatic heterocycles. The average molecular weight is 300 g/mol. The molecule has 1 saturated heterocycles. The lowest BCUT2D eigenvalue weighted by Gasteiger charge is -2.32. The van der Waals surface area contributed by atoms with E-state index in [0.29, 0.717) is 6.10 Å². The van der Waals surface area contributed by atoms with E-state index >= 15 is 0 Å². The van der Waals surface area contributed by atoms with Crippen LogP contribution >= 0.6 is 15.9 Å². The van der Waals surface area contributed by atoms with Gasteiger partial charge in [-0.05, 0) is 31.4 Å². The van der Waals surface area contributed by atoms with Crippen molar-refractivity contribution >= 4 is 21.7 Å². The van der Waals surface area contributed by atoms with E-state index in [-0.39, 0.29) is 0 Å². The maximum Gasteiger partial charge on any atom is 0.151 e. The molecule has 0 aliphatic carbocycles. The van der Waals surface area contributed by atoms with Crippen molar-refractivity contribution in [2.24, 2.45) is 0 Å². The second kappa shape index (κ2) is 6.31. The summed E-state index contributed by atoms with van der Waals surface area (Å²) in [5.41, 5.74) is 1.16. The number of nitrogens with zero attached hydrogens (tertiary/aromatic N) is 3. The van der Waals surface area contributed by atoms with Crippen LogP contribution in [-0.4, -0.2) is 41.3 Å². The van der Waals surface area contributed by atoms with Gasteiger partial charge in [0.15, 0.2) is 5.82 Å². The Labute approximate surface area is 110 Å². The molecule has 0 amide bonds. The molecule has 2 rings (SSSR count). The lowest BCUT2D eigenvalue weighted by molar-refractivity contribution is 0.0480. The summed E-state index contributed by atoms with van der Waals surface area (Å²) in [6.07, 6.45) is 4.34. The third-order valence-corrected chi connectivity index (χ3v) is 3.30. The fourth-order valence-corrected chi connectivity index (χ4v) is 2.25. The first-order chi connectivity index (χ1) is 8.29. The Morgan fingerprint density at radius 2 is 2.24 bits per heavy atom. The largest absolute Gasteiger partial charge is 0.377 e. The highest BCUT2D eigenvalue weighted by Crippen LogP contribution is 2.19. The molecule has 17 heavy (non-hydrogen) atoms. The maximum absolute atomic E-state index is 5.73. The summed E-state index contributed by atoms with van der Waals surface area (Å²) in [6.45, 7) is 4.86. The highest BCUT2D eigenvalue weighted by Gasteiger charge is 2.20. The SMILES string of the molecule is Cc1cnnc(N2CCC(OCCBr)CC2)c1. The number of hydrogen-bond donors (Lipinski definition) is 0. The molecule has 5 heteroatoms. The van der Waals surface area contributed by atoms with E-state index in [2.05, 4.69) is 37.1 Å². The molecule has 4 nitrogen and oxygen atoms in total. The summed E-state index contributed by atoms with van der Waals surface area (Å²) in [4.78, 5) is 2.29. The van der Waals surface area contributed by atoms with Crippen LogP contribution in [0.25, 0.3) is 0 Å². The lowest BCUT2D eigenvalue weighted by atomic mass is 10.1. The van der Waals surface area contributed by atoms with Gasteiger partial charge in [-0.15, -0.1) is 5.10 Å². The van der Waals surface area contributed by atoms with Gasteiger partial charge in [0.25, 0.3) is 0 Å². The summed E-state index contributed by atoms with van der Waals surface area (Å²) in [5, 5.41) is 9.09. The molecule has 0 N–H and O–H groups in total. The normalized spacial score (nSPS) is 17.4. The van der Waals surface area contributed by atoms with Crippen LogP contribution in [0.4, 0.5) is 5.82 Å². The molecular weight excluding hydrogens is 282 g/mol. The molecule has 1 aromatic rings. The first-order valence-electron chi connectivity index (χ1n) is 6.01. The number of piperidine rings is 1. The zero-order chi connectivity index (χ0) is 12.1. The van der Waals surface area contributed by atoms with Crippen LogP contribution in [-0.2, 0) is 4.74 Å². The third-order valence-electron chi connectivity index (χ3n) is 2.98. The second-order valence-corrected chi connectivity index (χ2v) is 5.13. The van der Waals surface area contributed by atoms with Crippen LogP contribution in [0.15, 0.2) is 12.3 Å². The van der Waals surface area contributed by atoms with Gasteiger partial charge < -0.3 is 9.64 Å². The number of rotatable bonds is 4. The minimum absolute atomic E-state index is 0.404. The molecule has 0 radical (unpaired) electrons. The Balaban J connectivity index is 1.86. The minimum Gasteiger partial charge on any atom is -0.377 e. The molecule has 94 valence electrons. The zero-order valence-electron chi connectivity index (χ0n) is 10.1. The lowest BCUT2D eigenvalue weighted by Crippen LogP contribution is -2.37. The molecular formula is C12H18BrN3O. The van der Waals surface area contributed by atoms with Crippen molar-refractivity contribution in [3.63, 3.8) is 0 Å². The van der Waals surface area contributed by atoms with E-state index in [1.165, 1.54) is 0 Å². The summed E-state index contributed by atoms with van der Waals surface area (Å²) < 4.78 is 5.73. The second-order valence-electron chi connectivity index (χ2n) is 4.34. The van der Waals surface area contributed by atoms with E-state index in [1.54, 1.807) is 6.20 Å². The number of ether oxygens (including phenoxy) is 1. The Kier molecular flexibility index (Phi) is 4.74. The van der Waals surface area contributed by atoms with Crippen molar-refractivity contribution in [1.29, 1.82) is 0 Å². The monoisotopic (exact) mass is 299 g/mol. The highest BCUT2D eigenvalue weighted by molar-refractivity contribution is 9.09. The molecule has 0 saturated carbocycles. The van der Waals surface area contributed by atoms with Crippen molar-refractivity contribution in [3.8, 4) is 0 Å². The molecule has 0 bridgehead atoms.